The minimum atomic E-state index is 0.871. The molecule has 0 radical (unpaired) electrons. The predicted molar refractivity (Wildman–Crippen MR) is 261 cm³/mol. The zero-order chi connectivity index (χ0) is 41.2. The standard InChI is InChI=1S/C60H41NO/c1-2-10-42(11-3-1)44-20-22-45(23-21-44)46-26-32-56(33-27-46)61(58-36-30-48(31-37-58)51-16-9-18-54(40-51)60-41-55-14-6-7-19-59(55)62-60)57-34-28-47(29-35-57)50-15-8-17-52(38-50)53-25-24-43-12-4-5-13-49(43)39-53/h1-41H. The van der Waals surface area contributed by atoms with E-state index < -0.39 is 0 Å². The second kappa shape index (κ2) is 16.1. The fraction of sp³-hybridized carbons (Fsp3) is 0. The molecule has 0 N–H and O–H groups in total. The Bertz CT molecular complexity index is 3270. The largest absolute Gasteiger partial charge is 0.456 e. The smallest absolute Gasteiger partial charge is 0.135 e. The molecule has 2 heteroatoms. The summed E-state index contributed by atoms with van der Waals surface area (Å²) >= 11 is 0. The number of anilines is 3. The third-order valence-electron chi connectivity index (χ3n) is 11.9. The van der Waals surface area contributed by atoms with Gasteiger partial charge in [0.05, 0.1) is 0 Å². The number of para-hydroxylation sites is 1. The Kier molecular flexibility index (Phi) is 9.57. The molecule has 1 heterocycles. The second-order valence-corrected chi connectivity index (χ2v) is 15.8. The topological polar surface area (TPSA) is 16.4 Å². The number of fused-ring (bicyclic) bond motifs is 2. The van der Waals surface area contributed by atoms with Gasteiger partial charge in [0.25, 0.3) is 0 Å². The van der Waals surface area contributed by atoms with Crippen molar-refractivity contribution in [1.82, 2.24) is 0 Å². The summed E-state index contributed by atoms with van der Waals surface area (Å²) < 4.78 is 6.22. The Morgan fingerprint density at radius 2 is 0.597 bits per heavy atom. The maximum absolute atomic E-state index is 6.22. The number of nitrogens with zero attached hydrogens (tertiary/aromatic N) is 1. The molecule has 0 spiro atoms. The molecule has 62 heavy (non-hydrogen) atoms. The van der Waals surface area contributed by atoms with E-state index >= 15 is 0 Å². The van der Waals surface area contributed by atoms with Gasteiger partial charge in [0.15, 0.2) is 0 Å². The molecule has 10 aromatic carbocycles. The van der Waals surface area contributed by atoms with Crippen LogP contribution in [0.3, 0.4) is 0 Å². The first-order valence-corrected chi connectivity index (χ1v) is 21.1. The van der Waals surface area contributed by atoms with Crippen LogP contribution in [0.4, 0.5) is 17.1 Å². The number of benzene rings is 10. The molecule has 1 aromatic heterocycles. The zero-order valence-electron chi connectivity index (χ0n) is 34.0. The maximum Gasteiger partial charge on any atom is 0.135 e. The van der Waals surface area contributed by atoms with Gasteiger partial charge in [0, 0.05) is 28.0 Å². The van der Waals surface area contributed by atoms with Crippen LogP contribution in [-0.2, 0) is 0 Å². The van der Waals surface area contributed by atoms with E-state index in [1.165, 1.54) is 55.3 Å². The van der Waals surface area contributed by atoms with Crippen molar-refractivity contribution in [3.63, 3.8) is 0 Å². The molecule has 0 atom stereocenters. The summed E-state index contributed by atoms with van der Waals surface area (Å²) in [5.41, 5.74) is 17.1. The Morgan fingerprint density at radius 1 is 0.226 bits per heavy atom. The molecule has 11 rings (SSSR count). The van der Waals surface area contributed by atoms with Crippen molar-refractivity contribution >= 4 is 38.8 Å². The minimum Gasteiger partial charge on any atom is -0.456 e. The Hall–Kier alpha value is -8.20. The van der Waals surface area contributed by atoms with E-state index in [0.29, 0.717) is 0 Å². The SMILES string of the molecule is c1ccc(-c2ccc(-c3ccc(N(c4ccc(-c5cccc(-c6ccc7ccccc7c6)c5)cc4)c4ccc(-c5cccc(-c6cc7ccccc7o6)c5)cc4)cc3)cc2)cc1. The molecule has 0 aliphatic carbocycles. The first-order chi connectivity index (χ1) is 30.7. The lowest BCUT2D eigenvalue weighted by molar-refractivity contribution is 0.631. The van der Waals surface area contributed by atoms with E-state index in [-0.39, 0.29) is 0 Å². The lowest BCUT2D eigenvalue weighted by Crippen LogP contribution is -2.09. The molecule has 2 nitrogen and oxygen atoms in total. The van der Waals surface area contributed by atoms with Crippen LogP contribution < -0.4 is 4.90 Å². The average molecular weight is 792 g/mol. The van der Waals surface area contributed by atoms with Crippen LogP contribution >= 0.6 is 0 Å². The van der Waals surface area contributed by atoms with E-state index in [0.717, 1.165) is 50.5 Å². The molecule has 0 saturated carbocycles. The molecule has 0 saturated heterocycles. The fourth-order valence-electron chi connectivity index (χ4n) is 8.57. The zero-order valence-corrected chi connectivity index (χ0v) is 34.0. The van der Waals surface area contributed by atoms with Gasteiger partial charge in [-0.15, -0.1) is 0 Å². The van der Waals surface area contributed by atoms with E-state index in [9.17, 15) is 0 Å². The lowest BCUT2D eigenvalue weighted by atomic mass is 9.97. The summed E-state index contributed by atoms with van der Waals surface area (Å²) in [5, 5.41) is 3.61. The highest BCUT2D eigenvalue weighted by Crippen LogP contribution is 2.39. The van der Waals surface area contributed by atoms with E-state index in [1.54, 1.807) is 0 Å². The molecule has 0 aliphatic heterocycles. The fourth-order valence-corrected chi connectivity index (χ4v) is 8.57. The van der Waals surface area contributed by atoms with Gasteiger partial charge in [0.1, 0.15) is 11.3 Å². The number of hydrogen-bond donors (Lipinski definition) is 0. The van der Waals surface area contributed by atoms with Gasteiger partial charge in [-0.25, -0.2) is 0 Å². The highest BCUT2D eigenvalue weighted by molar-refractivity contribution is 5.89. The highest BCUT2D eigenvalue weighted by Gasteiger charge is 2.15. The Labute approximate surface area is 362 Å². The number of furan rings is 1. The summed E-state index contributed by atoms with van der Waals surface area (Å²) in [4.78, 5) is 2.34. The quantitative estimate of drug-likeness (QED) is 0.145. The first-order valence-electron chi connectivity index (χ1n) is 21.1. The average Bonchev–Trinajstić information content (AvgIpc) is 3.80. The summed E-state index contributed by atoms with van der Waals surface area (Å²) in [6.07, 6.45) is 0. The molecular formula is C60H41NO. The first kappa shape index (κ1) is 36.8. The van der Waals surface area contributed by atoms with E-state index in [2.05, 4.69) is 235 Å². The predicted octanol–water partition coefficient (Wildman–Crippen LogP) is 17.1. The lowest BCUT2D eigenvalue weighted by Gasteiger charge is -2.26. The molecule has 11 aromatic rings. The van der Waals surface area contributed by atoms with Gasteiger partial charge < -0.3 is 9.32 Å². The Morgan fingerprint density at radius 3 is 1.16 bits per heavy atom. The van der Waals surface area contributed by atoms with Crippen molar-refractivity contribution < 1.29 is 4.42 Å². The van der Waals surface area contributed by atoms with Crippen LogP contribution in [-0.4, -0.2) is 0 Å². The third kappa shape index (κ3) is 7.36. The molecule has 292 valence electrons. The monoisotopic (exact) mass is 791 g/mol. The van der Waals surface area contributed by atoms with Crippen molar-refractivity contribution in [2.24, 2.45) is 0 Å². The van der Waals surface area contributed by atoms with Crippen molar-refractivity contribution in [3.05, 3.63) is 249 Å². The molecule has 0 unspecified atom stereocenters. The van der Waals surface area contributed by atoms with Crippen molar-refractivity contribution in [3.8, 4) is 67.0 Å². The molecule has 0 aliphatic rings. The number of hydrogen-bond acceptors (Lipinski definition) is 2. The molecule has 0 amide bonds. The van der Waals surface area contributed by atoms with Crippen molar-refractivity contribution in [1.29, 1.82) is 0 Å². The normalized spacial score (nSPS) is 11.2. The van der Waals surface area contributed by atoms with Gasteiger partial charge in [-0.1, -0.05) is 182 Å². The van der Waals surface area contributed by atoms with Gasteiger partial charge >= 0.3 is 0 Å². The van der Waals surface area contributed by atoms with Gasteiger partial charge in [0.2, 0.25) is 0 Å². The van der Waals surface area contributed by atoms with Crippen molar-refractivity contribution in [2.75, 3.05) is 4.90 Å². The second-order valence-electron chi connectivity index (χ2n) is 15.8. The summed E-state index contributed by atoms with van der Waals surface area (Å²) in [5.74, 6) is 0.871. The molecule has 0 bridgehead atoms. The minimum absolute atomic E-state index is 0.871. The van der Waals surface area contributed by atoms with Crippen LogP contribution in [0.5, 0.6) is 0 Å². The maximum atomic E-state index is 6.22. The summed E-state index contributed by atoms with van der Waals surface area (Å²) in [6, 6.07) is 89.1. The van der Waals surface area contributed by atoms with Gasteiger partial charge in [-0.2, -0.15) is 0 Å². The third-order valence-corrected chi connectivity index (χ3v) is 11.9. The summed E-state index contributed by atoms with van der Waals surface area (Å²) in [6.45, 7) is 0. The number of rotatable bonds is 9. The van der Waals surface area contributed by atoms with Crippen LogP contribution in [0.25, 0.3) is 88.7 Å². The van der Waals surface area contributed by atoms with Crippen LogP contribution in [0, 0.1) is 0 Å². The highest BCUT2D eigenvalue weighted by atomic mass is 16.3. The van der Waals surface area contributed by atoms with Crippen LogP contribution in [0.2, 0.25) is 0 Å². The molecule has 0 fully saturated rings. The summed E-state index contributed by atoms with van der Waals surface area (Å²) in [7, 11) is 0. The van der Waals surface area contributed by atoms with E-state index in [4.69, 9.17) is 4.42 Å². The van der Waals surface area contributed by atoms with Gasteiger partial charge in [-0.3, -0.25) is 0 Å². The van der Waals surface area contributed by atoms with Crippen molar-refractivity contribution in [2.45, 2.75) is 0 Å². The van der Waals surface area contributed by atoms with Gasteiger partial charge in [-0.05, 0) is 133 Å². The van der Waals surface area contributed by atoms with Crippen LogP contribution in [0.1, 0.15) is 0 Å². The van der Waals surface area contributed by atoms with Crippen LogP contribution in [0.15, 0.2) is 253 Å². The Balaban J connectivity index is 0.918. The molecular weight excluding hydrogens is 751 g/mol. The van der Waals surface area contributed by atoms with E-state index in [1.807, 2.05) is 18.2 Å².